The fraction of sp³-hybridized carbons (Fsp3) is 0.625. The van der Waals surface area contributed by atoms with Crippen molar-refractivity contribution in [1.82, 2.24) is 20.1 Å². The number of carbonyl (C=O) groups is 1. The molecule has 0 bridgehead atoms. The Balaban J connectivity index is 1.39. The molecule has 3 aliphatic rings. The number of hydrogen-bond donors (Lipinski definition) is 2. The van der Waals surface area contributed by atoms with E-state index in [4.69, 9.17) is 9.72 Å². The van der Waals surface area contributed by atoms with Crippen LogP contribution >= 0.6 is 0 Å². The zero-order valence-electron chi connectivity index (χ0n) is 25.3. The average molecular weight is 568 g/mol. The van der Waals surface area contributed by atoms with E-state index in [1.165, 1.54) is 6.07 Å². The predicted molar refractivity (Wildman–Crippen MR) is 159 cm³/mol. The number of aliphatic hydroxyl groups is 1. The van der Waals surface area contributed by atoms with Crippen LogP contribution in [0.15, 0.2) is 24.3 Å². The van der Waals surface area contributed by atoms with Crippen molar-refractivity contribution in [3.05, 3.63) is 58.2 Å². The third kappa shape index (κ3) is 6.49. The first-order valence-corrected chi connectivity index (χ1v) is 15.1. The van der Waals surface area contributed by atoms with Crippen LogP contribution in [0.25, 0.3) is 0 Å². The number of nitrogens with one attached hydrogen (secondary N) is 1. The second-order valence-electron chi connectivity index (χ2n) is 12.8. The van der Waals surface area contributed by atoms with Gasteiger partial charge in [0.15, 0.2) is 0 Å². The smallest absolute Gasteiger partial charge is 0.241 e. The molecule has 1 amide bonds. The number of pyridine rings is 1. The lowest BCUT2D eigenvalue weighted by molar-refractivity contribution is -0.121. The highest BCUT2D eigenvalue weighted by Crippen LogP contribution is 2.41. The van der Waals surface area contributed by atoms with Gasteiger partial charge in [0.2, 0.25) is 5.91 Å². The van der Waals surface area contributed by atoms with Gasteiger partial charge in [0, 0.05) is 56.3 Å². The van der Waals surface area contributed by atoms with Crippen molar-refractivity contribution in [2.45, 2.75) is 77.6 Å². The van der Waals surface area contributed by atoms with Crippen LogP contribution in [-0.2, 0) is 34.4 Å². The Morgan fingerprint density at radius 1 is 1.22 bits per heavy atom. The van der Waals surface area contributed by atoms with Crippen LogP contribution in [0, 0.1) is 5.82 Å². The summed E-state index contributed by atoms with van der Waals surface area (Å²) >= 11 is 0. The Hall–Kier alpha value is -2.43. The van der Waals surface area contributed by atoms with Gasteiger partial charge in [-0.05, 0) is 55.5 Å². The van der Waals surface area contributed by atoms with E-state index < -0.39 is 0 Å². The van der Waals surface area contributed by atoms with E-state index >= 15 is 0 Å². The van der Waals surface area contributed by atoms with Crippen LogP contribution in [0.3, 0.4) is 0 Å². The second-order valence-corrected chi connectivity index (χ2v) is 12.8. The van der Waals surface area contributed by atoms with Gasteiger partial charge in [-0.15, -0.1) is 0 Å². The van der Waals surface area contributed by atoms with Gasteiger partial charge in [0.1, 0.15) is 5.82 Å². The number of nitrogens with zero attached hydrogens (tertiary/aromatic N) is 4. The van der Waals surface area contributed by atoms with E-state index in [0.29, 0.717) is 49.3 Å². The van der Waals surface area contributed by atoms with E-state index in [-0.39, 0.29) is 29.8 Å². The fourth-order valence-electron chi connectivity index (χ4n) is 6.55. The molecule has 0 saturated carbocycles. The summed E-state index contributed by atoms with van der Waals surface area (Å²) in [4.78, 5) is 25.7. The molecule has 0 unspecified atom stereocenters. The highest BCUT2D eigenvalue weighted by molar-refractivity contribution is 5.97. The summed E-state index contributed by atoms with van der Waals surface area (Å²) in [6, 6.07) is 8.13. The first-order chi connectivity index (χ1) is 19.6. The number of aryl methyl sites for hydroxylation is 1. The number of hydrogen-bond acceptors (Lipinski definition) is 7. The van der Waals surface area contributed by atoms with E-state index in [2.05, 4.69) is 42.8 Å². The zero-order valence-corrected chi connectivity index (χ0v) is 25.3. The molecule has 2 N–H and O–H groups in total. The van der Waals surface area contributed by atoms with E-state index in [0.717, 1.165) is 61.9 Å². The number of morpholine rings is 1. The molecule has 8 nitrogen and oxygen atoms in total. The largest absolute Gasteiger partial charge is 0.390 e. The van der Waals surface area contributed by atoms with Crippen molar-refractivity contribution < 1.29 is 19.0 Å². The van der Waals surface area contributed by atoms with Gasteiger partial charge in [-0.1, -0.05) is 32.9 Å². The molecule has 0 spiro atoms. The predicted octanol–water partition coefficient (Wildman–Crippen LogP) is 2.87. The van der Waals surface area contributed by atoms with Gasteiger partial charge >= 0.3 is 0 Å². The maximum absolute atomic E-state index is 14.1. The number of anilines is 1. The number of aromatic nitrogens is 1. The molecular weight excluding hydrogens is 521 g/mol. The maximum Gasteiger partial charge on any atom is 0.241 e. The minimum Gasteiger partial charge on any atom is -0.390 e. The summed E-state index contributed by atoms with van der Waals surface area (Å²) in [6.45, 7) is 16.2. The Morgan fingerprint density at radius 3 is 2.76 bits per heavy atom. The number of halogens is 1. The summed E-state index contributed by atoms with van der Waals surface area (Å²) in [5.41, 5.74) is 4.45. The first kappa shape index (κ1) is 30.0. The normalized spacial score (nSPS) is 25.0. The molecule has 2 aromatic rings. The lowest BCUT2D eigenvalue weighted by Crippen LogP contribution is -2.62. The topological polar surface area (TPSA) is 81.2 Å². The minimum atomic E-state index is -0.335. The average Bonchev–Trinajstić information content (AvgIpc) is 3.21. The van der Waals surface area contributed by atoms with Gasteiger partial charge in [0.05, 0.1) is 43.4 Å². The summed E-state index contributed by atoms with van der Waals surface area (Å²) in [5.74, 6) is -0.127. The van der Waals surface area contributed by atoms with Gasteiger partial charge in [0.25, 0.3) is 0 Å². The maximum atomic E-state index is 14.1. The zero-order chi connectivity index (χ0) is 29.3. The van der Waals surface area contributed by atoms with Crippen molar-refractivity contribution in [2.24, 2.45) is 0 Å². The number of benzene rings is 1. The first-order valence-electron chi connectivity index (χ1n) is 15.1. The Bertz CT molecular complexity index is 1250. The van der Waals surface area contributed by atoms with E-state index in [1.807, 2.05) is 24.0 Å². The van der Waals surface area contributed by atoms with Gasteiger partial charge in [-0.3, -0.25) is 19.6 Å². The molecule has 41 heavy (non-hydrogen) atoms. The van der Waals surface area contributed by atoms with E-state index in [1.54, 1.807) is 6.07 Å². The summed E-state index contributed by atoms with van der Waals surface area (Å²) in [5, 5.41) is 13.8. The van der Waals surface area contributed by atoms with Crippen LogP contribution in [0.5, 0.6) is 0 Å². The summed E-state index contributed by atoms with van der Waals surface area (Å²) in [6.07, 6.45) is 1.13. The molecular formula is C32H46FN5O3. The fourth-order valence-corrected chi connectivity index (χ4v) is 6.55. The third-order valence-corrected chi connectivity index (χ3v) is 9.01. The summed E-state index contributed by atoms with van der Waals surface area (Å²) in [7, 11) is 0. The standard InChI is InChI=1S/C32H46FN5O3/c1-6-24-11-23(7-8-27(24)33)12-25-13-29-31(35-28(25)18-39)32(4,5)20-38(29)30(40)17-37-15-21(2)34-14-26(37)16-36-9-10-41-19-22(36)3/h7-8,11,13,21-22,26,34,39H,6,9-10,12,14-20H2,1-5H3/t21-,22-,26-/m1/s1. The van der Waals surface area contributed by atoms with Gasteiger partial charge in [-0.2, -0.15) is 0 Å². The van der Waals surface area contributed by atoms with Gasteiger partial charge < -0.3 is 20.1 Å². The number of amides is 1. The van der Waals surface area contributed by atoms with Crippen LogP contribution in [0.4, 0.5) is 10.1 Å². The number of piperazine rings is 1. The van der Waals surface area contributed by atoms with E-state index in [9.17, 15) is 14.3 Å². The third-order valence-electron chi connectivity index (χ3n) is 9.01. The molecule has 0 radical (unpaired) electrons. The van der Waals surface area contributed by atoms with Crippen molar-refractivity contribution >= 4 is 11.6 Å². The molecule has 0 aliphatic carbocycles. The molecule has 4 heterocycles. The number of carbonyl (C=O) groups excluding carboxylic acids is 1. The number of ether oxygens (including phenoxy) is 1. The molecule has 224 valence electrons. The van der Waals surface area contributed by atoms with Crippen LogP contribution in [0.2, 0.25) is 0 Å². The van der Waals surface area contributed by atoms with Crippen LogP contribution in [-0.4, -0.2) is 96.4 Å². The van der Waals surface area contributed by atoms with Crippen molar-refractivity contribution in [3.63, 3.8) is 0 Å². The van der Waals surface area contributed by atoms with Crippen LogP contribution in [0.1, 0.15) is 62.7 Å². The Kier molecular flexibility index (Phi) is 9.11. The molecule has 2 fully saturated rings. The lowest BCUT2D eigenvalue weighted by atomic mass is 9.90. The minimum absolute atomic E-state index is 0.0745. The second kappa shape index (κ2) is 12.4. The lowest BCUT2D eigenvalue weighted by Gasteiger charge is -2.43. The SMILES string of the molecule is CCc1cc(Cc2cc3c(nc2CO)C(C)(C)CN3C(=O)CN2C[C@@H](C)NC[C@@H]2CN2CCOC[C@H]2C)ccc1F. The Labute approximate surface area is 243 Å². The molecule has 3 atom stereocenters. The van der Waals surface area contributed by atoms with Crippen LogP contribution < -0.4 is 10.2 Å². The number of fused-ring (bicyclic) bond motifs is 1. The highest BCUT2D eigenvalue weighted by Gasteiger charge is 2.41. The molecule has 3 aliphatic heterocycles. The molecule has 1 aromatic carbocycles. The number of aliphatic hydroxyl groups excluding tert-OH is 1. The highest BCUT2D eigenvalue weighted by atomic mass is 19.1. The Morgan fingerprint density at radius 2 is 2.02 bits per heavy atom. The molecule has 2 saturated heterocycles. The molecule has 5 rings (SSSR count). The van der Waals surface area contributed by atoms with Crippen molar-refractivity contribution in [1.29, 1.82) is 0 Å². The van der Waals surface area contributed by atoms with Crippen molar-refractivity contribution in [2.75, 3.05) is 57.4 Å². The number of rotatable bonds is 8. The molecule has 1 aromatic heterocycles. The quantitative estimate of drug-likeness (QED) is 0.508. The van der Waals surface area contributed by atoms with Gasteiger partial charge in [-0.25, -0.2) is 4.39 Å². The monoisotopic (exact) mass is 567 g/mol. The van der Waals surface area contributed by atoms with Crippen molar-refractivity contribution in [3.8, 4) is 0 Å². The summed E-state index contributed by atoms with van der Waals surface area (Å²) < 4.78 is 19.8. The molecule has 9 heteroatoms.